The molecule has 4 nitrogen and oxygen atoms in total. The van der Waals surface area contributed by atoms with Crippen molar-refractivity contribution in [3.63, 3.8) is 0 Å². The van der Waals surface area contributed by atoms with Gasteiger partial charge in [0.1, 0.15) is 0 Å². The zero-order chi connectivity index (χ0) is 8.57. The summed E-state index contributed by atoms with van der Waals surface area (Å²) >= 11 is 0. The first-order chi connectivity index (χ1) is 4.54. The molecule has 2 amide bonds. The van der Waals surface area contributed by atoms with Crippen LogP contribution in [0, 0.1) is 0 Å². The molecule has 0 aliphatic rings. The summed E-state index contributed by atoms with van der Waals surface area (Å²) in [6, 6.07) is 0. The fraction of sp³-hybridized carbons (Fsp3) is 0. The number of nitrogens with one attached hydrogen (secondary N) is 2. The van der Waals surface area contributed by atoms with E-state index in [0.717, 1.165) is 12.2 Å². The maximum atomic E-state index is 9.36. The van der Waals surface area contributed by atoms with Crippen molar-refractivity contribution >= 4 is 11.8 Å². The quantitative estimate of drug-likeness (QED) is 0.506. The molecule has 0 aromatic heterocycles. The van der Waals surface area contributed by atoms with E-state index < -0.39 is 11.8 Å². The van der Waals surface area contributed by atoms with E-state index in [2.05, 4.69) is 13.2 Å². The van der Waals surface area contributed by atoms with Gasteiger partial charge in [0.25, 0.3) is 0 Å². The van der Waals surface area contributed by atoms with E-state index in [0.29, 0.717) is 0 Å². The van der Waals surface area contributed by atoms with Gasteiger partial charge in [-0.15, -0.1) is 0 Å². The Hall–Kier alpha value is -0.957. The normalized spacial score (nSPS) is 5.82. The largest absolute Gasteiger partial charge is 2.00 e. The van der Waals surface area contributed by atoms with E-state index >= 15 is 0 Å². The molecule has 0 aliphatic heterocycles. The molecule has 0 radical (unpaired) electrons. The topological polar surface area (TPSA) is 81.7 Å². The first kappa shape index (κ1) is 16.6. The minimum atomic E-state index is -0.731. The molecule has 0 bridgehead atoms. The van der Waals surface area contributed by atoms with Crippen molar-refractivity contribution in [2.75, 3.05) is 0 Å². The summed E-state index contributed by atoms with van der Waals surface area (Å²) in [6.07, 6.45) is 1.89. The van der Waals surface area contributed by atoms with Crippen LogP contribution in [0.3, 0.4) is 0 Å². The number of carbonyl (C=O) groups is 2. The Morgan fingerprint density at radius 1 is 1.00 bits per heavy atom. The van der Waals surface area contributed by atoms with Gasteiger partial charge in [0.2, 0.25) is 0 Å². The summed E-state index contributed by atoms with van der Waals surface area (Å²) < 4.78 is 0. The molecule has 56 valence electrons. The van der Waals surface area contributed by atoms with Gasteiger partial charge in [-0.1, -0.05) is 13.2 Å². The summed E-state index contributed by atoms with van der Waals surface area (Å²) in [5, 5.41) is 0. The first-order valence-electron chi connectivity index (χ1n) is 2.30. The van der Waals surface area contributed by atoms with Crippen molar-refractivity contribution in [3.8, 4) is 0 Å². The van der Waals surface area contributed by atoms with E-state index in [4.69, 9.17) is 11.5 Å². The third-order valence-corrected chi connectivity index (χ3v) is 0.371. The van der Waals surface area contributed by atoms with Gasteiger partial charge in [-0.3, -0.25) is 0 Å². The molecule has 0 aromatic rings. The predicted octanol–water partition coefficient (Wildman–Crippen LogP) is 1.50. The van der Waals surface area contributed by atoms with Crippen LogP contribution in [-0.2, 0) is 29.1 Å². The zero-order valence-corrected chi connectivity index (χ0v) is 9.06. The molecule has 0 unspecified atom stereocenters. The average molecular weight is 206 g/mol. The Kier molecular flexibility index (Phi) is 17.8. The maximum Gasteiger partial charge on any atom is 2.00 e. The number of hydrogen-bond donors (Lipinski definition) is 0. The summed E-state index contributed by atoms with van der Waals surface area (Å²) in [5.74, 6) is -1.46. The Labute approximate surface area is 78.1 Å². The minimum absolute atomic E-state index is 0. The number of amides is 2. The van der Waals surface area contributed by atoms with Gasteiger partial charge in [0, 0.05) is 0 Å². The van der Waals surface area contributed by atoms with Crippen molar-refractivity contribution in [1.82, 2.24) is 0 Å². The van der Waals surface area contributed by atoms with Crippen LogP contribution >= 0.6 is 0 Å². The fourth-order valence-electron chi connectivity index (χ4n) is 0. The van der Waals surface area contributed by atoms with E-state index in [1.807, 2.05) is 0 Å². The van der Waals surface area contributed by atoms with Crippen molar-refractivity contribution < 1.29 is 29.1 Å². The van der Waals surface area contributed by atoms with Gasteiger partial charge < -0.3 is 21.1 Å². The molecule has 5 heteroatoms. The predicted molar refractivity (Wildman–Crippen MR) is 39.1 cm³/mol. The average Bonchev–Trinajstić information content (AvgIpc) is 1.89. The van der Waals surface area contributed by atoms with Crippen LogP contribution in [0.5, 0.6) is 0 Å². The molecular weight excluding hydrogens is 197 g/mol. The second-order valence-corrected chi connectivity index (χ2v) is 1.14. The number of carbonyl (C=O) groups excluding carboxylic acids is 2. The monoisotopic (exact) mass is 204 g/mol. The summed E-state index contributed by atoms with van der Waals surface area (Å²) in [4.78, 5) is 18.7. The molecular formula is C6H8N2O2Zn. The van der Waals surface area contributed by atoms with Gasteiger partial charge in [-0.05, 0) is 12.2 Å². The summed E-state index contributed by atoms with van der Waals surface area (Å²) in [5.41, 5.74) is 12.1. The van der Waals surface area contributed by atoms with Crippen LogP contribution in [0.2, 0.25) is 0 Å². The van der Waals surface area contributed by atoms with E-state index in [1.54, 1.807) is 0 Å². The molecule has 0 spiro atoms. The van der Waals surface area contributed by atoms with Crippen LogP contribution in [-0.4, -0.2) is 11.8 Å². The molecule has 0 saturated heterocycles. The molecule has 0 saturated carbocycles. The zero-order valence-electron chi connectivity index (χ0n) is 6.09. The van der Waals surface area contributed by atoms with Crippen LogP contribution in [0.15, 0.2) is 25.3 Å². The third kappa shape index (κ3) is 48.4. The van der Waals surface area contributed by atoms with E-state index in [-0.39, 0.29) is 19.5 Å². The number of hydrogen-bond acceptors (Lipinski definition) is 2. The third-order valence-electron chi connectivity index (χ3n) is 0.371. The van der Waals surface area contributed by atoms with Gasteiger partial charge in [-0.2, -0.15) is 0 Å². The minimum Gasteiger partial charge on any atom is -0.664 e. The molecule has 0 aromatic carbocycles. The molecule has 0 rings (SSSR count). The number of rotatable bonds is 2. The van der Waals surface area contributed by atoms with Crippen LogP contribution in [0.25, 0.3) is 11.5 Å². The Bertz CT molecular complexity index is 139. The SMILES string of the molecule is C=CC([NH-])=O.C=CC([NH-])=O.[Zn+2]. The van der Waals surface area contributed by atoms with E-state index in [1.165, 1.54) is 0 Å². The van der Waals surface area contributed by atoms with Crippen LogP contribution in [0.1, 0.15) is 0 Å². The second kappa shape index (κ2) is 11.8. The van der Waals surface area contributed by atoms with Crippen molar-refractivity contribution in [2.45, 2.75) is 0 Å². The Morgan fingerprint density at radius 2 is 1.09 bits per heavy atom. The Balaban J connectivity index is -0.000000107. The van der Waals surface area contributed by atoms with Crippen molar-refractivity contribution in [3.05, 3.63) is 36.8 Å². The van der Waals surface area contributed by atoms with E-state index in [9.17, 15) is 9.59 Å². The second-order valence-electron chi connectivity index (χ2n) is 1.14. The van der Waals surface area contributed by atoms with Crippen molar-refractivity contribution in [1.29, 1.82) is 0 Å². The fourth-order valence-corrected chi connectivity index (χ4v) is 0. The van der Waals surface area contributed by atoms with Crippen LogP contribution < -0.4 is 0 Å². The molecule has 0 atom stereocenters. The Morgan fingerprint density at radius 3 is 1.09 bits per heavy atom. The first-order valence-corrected chi connectivity index (χ1v) is 2.30. The van der Waals surface area contributed by atoms with Gasteiger partial charge in [0.05, 0.1) is 11.8 Å². The smallest absolute Gasteiger partial charge is 0.664 e. The van der Waals surface area contributed by atoms with Gasteiger partial charge in [-0.25, -0.2) is 0 Å². The molecule has 0 fully saturated rings. The molecule has 0 aliphatic carbocycles. The van der Waals surface area contributed by atoms with Gasteiger partial charge >= 0.3 is 19.5 Å². The molecule has 2 N–H and O–H groups in total. The maximum absolute atomic E-state index is 9.36. The summed E-state index contributed by atoms with van der Waals surface area (Å²) in [7, 11) is 0. The van der Waals surface area contributed by atoms with Gasteiger partial charge in [0.15, 0.2) is 0 Å². The molecule has 0 heterocycles. The van der Waals surface area contributed by atoms with Crippen LogP contribution in [0.4, 0.5) is 0 Å². The standard InChI is InChI=1S/2C3H5NO.Zn/c2*1-2-3(4)5;/h2*2H,1H2,(H2,4,5);/q;;+2/p-2. The summed E-state index contributed by atoms with van der Waals surface area (Å²) in [6.45, 7) is 6.05. The van der Waals surface area contributed by atoms with Crippen molar-refractivity contribution in [2.24, 2.45) is 0 Å². The molecule has 11 heavy (non-hydrogen) atoms.